The third-order valence-corrected chi connectivity index (χ3v) is 4.80. The third kappa shape index (κ3) is 4.46. The summed E-state index contributed by atoms with van der Waals surface area (Å²) in [4.78, 5) is 11.2. The summed E-state index contributed by atoms with van der Waals surface area (Å²) in [6.07, 6.45) is 0. The summed E-state index contributed by atoms with van der Waals surface area (Å²) < 4.78 is 33.3. The zero-order valence-electron chi connectivity index (χ0n) is 12.5. The van der Waals surface area contributed by atoms with Crippen LogP contribution in [0.3, 0.4) is 0 Å². The lowest BCUT2D eigenvalue weighted by Crippen LogP contribution is -2.14. The van der Waals surface area contributed by atoms with Crippen molar-refractivity contribution in [3.05, 3.63) is 46.9 Å². The molecule has 0 atom stereocenters. The van der Waals surface area contributed by atoms with E-state index in [2.05, 4.69) is 26.0 Å². The Morgan fingerprint density at radius 2 is 1.78 bits per heavy atom. The first-order chi connectivity index (χ1) is 10.8. The Morgan fingerprint density at radius 3 is 2.35 bits per heavy atom. The highest BCUT2D eigenvalue weighted by Crippen LogP contribution is 2.28. The van der Waals surface area contributed by atoms with Crippen molar-refractivity contribution in [2.24, 2.45) is 0 Å². The molecule has 2 aromatic rings. The van der Waals surface area contributed by atoms with Crippen molar-refractivity contribution in [3.63, 3.8) is 0 Å². The lowest BCUT2D eigenvalue weighted by Gasteiger charge is -2.12. The second-order valence-corrected chi connectivity index (χ2v) is 7.25. The molecule has 0 bridgehead atoms. The van der Waals surface area contributed by atoms with Crippen LogP contribution in [0.25, 0.3) is 0 Å². The average molecular weight is 399 g/mol. The van der Waals surface area contributed by atoms with E-state index >= 15 is 0 Å². The summed E-state index contributed by atoms with van der Waals surface area (Å²) in [5, 5.41) is 2.55. The number of hydrogen-bond donors (Lipinski definition) is 2. The molecule has 2 N–H and O–H groups in total. The first kappa shape index (κ1) is 17.3. The molecule has 2 rings (SSSR count). The van der Waals surface area contributed by atoms with Crippen molar-refractivity contribution in [2.45, 2.75) is 11.8 Å². The van der Waals surface area contributed by atoms with Crippen molar-refractivity contribution in [1.29, 1.82) is 0 Å². The summed E-state index contributed by atoms with van der Waals surface area (Å²) in [5.41, 5.74) is 0.726. The number of benzene rings is 2. The smallest absolute Gasteiger partial charge is 0.261 e. The Bertz CT molecular complexity index is 820. The fourth-order valence-corrected chi connectivity index (χ4v) is 3.22. The minimum absolute atomic E-state index is 0.0185. The van der Waals surface area contributed by atoms with Gasteiger partial charge < -0.3 is 10.1 Å². The van der Waals surface area contributed by atoms with E-state index in [9.17, 15) is 13.2 Å². The Balaban J connectivity index is 2.35. The molecule has 0 aliphatic heterocycles. The number of ether oxygens (including phenoxy) is 1. The molecule has 1 amide bonds. The predicted molar refractivity (Wildman–Crippen MR) is 92.2 cm³/mol. The van der Waals surface area contributed by atoms with Gasteiger partial charge in [0, 0.05) is 17.1 Å². The molecule has 0 aliphatic carbocycles. The van der Waals surface area contributed by atoms with Gasteiger partial charge in [0.2, 0.25) is 5.91 Å². The van der Waals surface area contributed by atoms with Crippen LogP contribution in [0.15, 0.2) is 51.8 Å². The Kier molecular flexibility index (Phi) is 5.27. The summed E-state index contributed by atoms with van der Waals surface area (Å²) in [6.45, 7) is 1.33. The number of sulfonamides is 1. The number of carbonyl (C=O) groups excluding carboxylic acids is 1. The van der Waals surface area contributed by atoms with Gasteiger partial charge in [-0.05, 0) is 42.5 Å². The van der Waals surface area contributed by atoms with Crippen LogP contribution in [0, 0.1) is 0 Å². The molecular formula is C15H15BrN2O4S. The van der Waals surface area contributed by atoms with Crippen LogP contribution in [0.5, 0.6) is 5.75 Å². The molecule has 0 spiro atoms. The quantitative estimate of drug-likeness (QED) is 0.809. The molecule has 0 aliphatic rings. The number of amides is 1. The van der Waals surface area contributed by atoms with E-state index < -0.39 is 10.0 Å². The van der Waals surface area contributed by atoms with Crippen LogP contribution in [0.2, 0.25) is 0 Å². The highest BCUT2D eigenvalue weighted by atomic mass is 79.9. The normalized spacial score (nSPS) is 10.9. The molecule has 0 fully saturated rings. The largest absolute Gasteiger partial charge is 0.495 e. The standard InChI is InChI=1S/C15H15BrN2O4S/c1-10(19)17-14-9-13(7-8-15(14)22-2)23(20,21)18-12-5-3-11(16)4-6-12/h3-9,18H,1-2H3,(H,17,19). The van der Waals surface area contributed by atoms with E-state index in [1.807, 2.05) is 0 Å². The van der Waals surface area contributed by atoms with Gasteiger partial charge in [0.15, 0.2) is 0 Å². The van der Waals surface area contributed by atoms with E-state index in [1.165, 1.54) is 32.2 Å². The van der Waals surface area contributed by atoms with Gasteiger partial charge in [-0.25, -0.2) is 8.42 Å². The number of rotatable bonds is 5. The molecule has 0 radical (unpaired) electrons. The van der Waals surface area contributed by atoms with Crippen molar-refractivity contribution < 1.29 is 17.9 Å². The van der Waals surface area contributed by atoms with Crippen molar-refractivity contribution >= 4 is 43.2 Å². The molecular weight excluding hydrogens is 384 g/mol. The van der Waals surface area contributed by atoms with Gasteiger partial charge in [-0.2, -0.15) is 0 Å². The number of methoxy groups -OCH3 is 1. The fraction of sp³-hybridized carbons (Fsp3) is 0.133. The van der Waals surface area contributed by atoms with Gasteiger partial charge in [0.05, 0.1) is 17.7 Å². The van der Waals surface area contributed by atoms with Crippen LogP contribution >= 0.6 is 15.9 Å². The van der Waals surface area contributed by atoms with Crippen LogP contribution in [0.1, 0.15) is 6.92 Å². The summed E-state index contributed by atoms with van der Waals surface area (Å²) in [7, 11) is -2.34. The van der Waals surface area contributed by atoms with E-state index in [1.54, 1.807) is 24.3 Å². The lowest BCUT2D eigenvalue weighted by molar-refractivity contribution is -0.114. The first-order valence-corrected chi connectivity index (χ1v) is 8.83. The Labute approximate surface area is 143 Å². The Morgan fingerprint density at radius 1 is 1.13 bits per heavy atom. The molecule has 23 heavy (non-hydrogen) atoms. The molecule has 0 unspecified atom stereocenters. The van der Waals surface area contributed by atoms with Crippen molar-refractivity contribution in [3.8, 4) is 5.75 Å². The first-order valence-electron chi connectivity index (χ1n) is 6.56. The molecule has 8 heteroatoms. The maximum absolute atomic E-state index is 12.4. The van der Waals surface area contributed by atoms with E-state index in [4.69, 9.17) is 4.74 Å². The molecule has 0 saturated heterocycles. The van der Waals surface area contributed by atoms with Gasteiger partial charge in [-0.15, -0.1) is 0 Å². The monoisotopic (exact) mass is 398 g/mol. The number of halogens is 1. The third-order valence-electron chi connectivity index (χ3n) is 2.89. The van der Waals surface area contributed by atoms with Gasteiger partial charge >= 0.3 is 0 Å². The number of anilines is 2. The SMILES string of the molecule is COc1ccc(S(=O)(=O)Nc2ccc(Br)cc2)cc1NC(C)=O. The second-order valence-electron chi connectivity index (χ2n) is 4.66. The summed E-state index contributed by atoms with van der Waals surface area (Å²) in [6, 6.07) is 11.0. The number of hydrogen-bond acceptors (Lipinski definition) is 4. The zero-order chi connectivity index (χ0) is 17.0. The number of nitrogens with one attached hydrogen (secondary N) is 2. The summed E-state index contributed by atoms with van der Waals surface area (Å²) in [5.74, 6) is 0.0570. The maximum atomic E-state index is 12.4. The predicted octanol–water partition coefficient (Wildman–Crippen LogP) is 3.22. The maximum Gasteiger partial charge on any atom is 0.261 e. The summed E-state index contributed by atoms with van der Waals surface area (Å²) >= 11 is 3.29. The van der Waals surface area contributed by atoms with Crippen LogP contribution in [-0.4, -0.2) is 21.4 Å². The highest BCUT2D eigenvalue weighted by Gasteiger charge is 2.17. The minimum Gasteiger partial charge on any atom is -0.495 e. The molecule has 6 nitrogen and oxygen atoms in total. The van der Waals surface area contributed by atoms with Crippen LogP contribution in [-0.2, 0) is 14.8 Å². The Hall–Kier alpha value is -2.06. The van der Waals surface area contributed by atoms with Crippen LogP contribution < -0.4 is 14.8 Å². The molecule has 0 heterocycles. The zero-order valence-corrected chi connectivity index (χ0v) is 14.9. The van der Waals surface area contributed by atoms with E-state index in [0.717, 1.165) is 4.47 Å². The van der Waals surface area contributed by atoms with Crippen LogP contribution in [0.4, 0.5) is 11.4 Å². The second kappa shape index (κ2) is 7.01. The van der Waals surface area contributed by atoms with Gasteiger partial charge in [-0.3, -0.25) is 9.52 Å². The van der Waals surface area contributed by atoms with Gasteiger partial charge in [0.25, 0.3) is 10.0 Å². The number of carbonyl (C=O) groups is 1. The topological polar surface area (TPSA) is 84.5 Å². The van der Waals surface area contributed by atoms with Gasteiger partial charge in [-0.1, -0.05) is 15.9 Å². The van der Waals surface area contributed by atoms with Crippen molar-refractivity contribution in [2.75, 3.05) is 17.1 Å². The van der Waals surface area contributed by atoms with E-state index in [0.29, 0.717) is 17.1 Å². The average Bonchev–Trinajstić information content (AvgIpc) is 2.49. The molecule has 122 valence electrons. The molecule has 2 aromatic carbocycles. The highest BCUT2D eigenvalue weighted by molar-refractivity contribution is 9.10. The minimum atomic E-state index is -3.78. The fourth-order valence-electron chi connectivity index (χ4n) is 1.87. The van der Waals surface area contributed by atoms with E-state index in [-0.39, 0.29) is 10.8 Å². The lowest BCUT2D eigenvalue weighted by atomic mass is 10.3. The van der Waals surface area contributed by atoms with Crippen molar-refractivity contribution in [1.82, 2.24) is 0 Å². The molecule has 0 aromatic heterocycles. The molecule has 0 saturated carbocycles. The van der Waals surface area contributed by atoms with Gasteiger partial charge in [0.1, 0.15) is 5.75 Å².